The third kappa shape index (κ3) is 11.7. The van der Waals surface area contributed by atoms with Gasteiger partial charge in [0.05, 0.1) is 6.10 Å². The third-order valence-electron chi connectivity index (χ3n) is 18.7. The van der Waals surface area contributed by atoms with Gasteiger partial charge in [-0.05, 0) is 198 Å². The van der Waals surface area contributed by atoms with Crippen LogP contribution in [0.1, 0.15) is 233 Å². The second-order valence-electron chi connectivity index (χ2n) is 24.1. The van der Waals surface area contributed by atoms with E-state index in [4.69, 9.17) is 4.74 Å². The van der Waals surface area contributed by atoms with Gasteiger partial charge < -0.3 is 14.9 Å². The van der Waals surface area contributed by atoms with E-state index in [0.29, 0.717) is 16.6 Å². The van der Waals surface area contributed by atoms with Crippen LogP contribution < -0.4 is 4.74 Å². The largest absolute Gasteiger partial charge is 0.507 e. The van der Waals surface area contributed by atoms with Crippen molar-refractivity contribution >= 4 is 0 Å². The van der Waals surface area contributed by atoms with E-state index in [0.717, 1.165) is 114 Å². The molecule has 2 N–H and O–H groups in total. The highest BCUT2D eigenvalue weighted by Gasteiger charge is 2.60. The molecule has 4 aliphatic carbocycles. The van der Waals surface area contributed by atoms with Gasteiger partial charge >= 0.3 is 0 Å². The van der Waals surface area contributed by atoms with Crippen LogP contribution in [0, 0.1) is 90.8 Å². The van der Waals surface area contributed by atoms with Crippen molar-refractivity contribution in [2.75, 3.05) is 0 Å². The number of phenols is 1. The standard InChI is InChI=1S/C29H50O2.C27H48O/c1-20(2)12-9-13-21(3)14-10-15-22(4)16-11-18-29(8)19-17-26-25(7)27(30)23(5)24(6)28(26)31-29;1-18(2)7-6-8-19(3)23-11-12-24-22-10-9-20-17-21(28)13-15-26(20,4)25(22)14-16-27(23,24)5/h20-22,30H,9-19H2,1-8H3;18-25,28H,6-17H2,1-5H3/t21-,22?,29-;/m0./s1. The Morgan fingerprint density at radius 3 is 1.83 bits per heavy atom. The number of phenolic OH excluding ortho intramolecular Hbond substituents is 1. The van der Waals surface area contributed by atoms with Crippen LogP contribution in [0.25, 0.3) is 0 Å². The summed E-state index contributed by atoms with van der Waals surface area (Å²) in [4.78, 5) is 0. The van der Waals surface area contributed by atoms with E-state index in [1.54, 1.807) is 0 Å². The molecule has 340 valence electrons. The number of hydrogen-bond acceptors (Lipinski definition) is 3. The Hall–Kier alpha value is -1.22. The van der Waals surface area contributed by atoms with Crippen molar-refractivity contribution in [2.45, 2.75) is 249 Å². The molecule has 5 aliphatic rings. The average molecular weight is 819 g/mol. The maximum atomic E-state index is 10.4. The van der Waals surface area contributed by atoms with Crippen molar-refractivity contribution in [1.29, 1.82) is 0 Å². The summed E-state index contributed by atoms with van der Waals surface area (Å²) >= 11 is 0. The van der Waals surface area contributed by atoms with E-state index in [9.17, 15) is 10.2 Å². The summed E-state index contributed by atoms with van der Waals surface area (Å²) in [6.45, 7) is 30.6. The molecule has 3 heteroatoms. The fourth-order valence-electron chi connectivity index (χ4n) is 14.5. The first kappa shape index (κ1) is 48.8. The molecule has 0 saturated heterocycles. The quantitative estimate of drug-likeness (QED) is 0.165. The molecule has 0 radical (unpaired) electrons. The third-order valence-corrected chi connectivity index (χ3v) is 18.7. The molecular weight excluding hydrogens is 721 g/mol. The summed E-state index contributed by atoms with van der Waals surface area (Å²) in [6.07, 6.45) is 30.6. The molecule has 3 nitrogen and oxygen atoms in total. The van der Waals surface area contributed by atoms with Crippen molar-refractivity contribution in [1.82, 2.24) is 0 Å². The molecule has 10 unspecified atom stereocenters. The van der Waals surface area contributed by atoms with Gasteiger partial charge in [-0.15, -0.1) is 0 Å². The molecule has 6 rings (SSSR count). The highest BCUT2D eigenvalue weighted by Crippen LogP contribution is 2.68. The molecule has 1 aliphatic heterocycles. The van der Waals surface area contributed by atoms with E-state index < -0.39 is 0 Å². The van der Waals surface area contributed by atoms with Crippen LogP contribution in [-0.2, 0) is 6.42 Å². The molecule has 1 heterocycles. The number of aliphatic hydroxyl groups is 1. The molecule has 0 amide bonds. The smallest absolute Gasteiger partial charge is 0.127 e. The van der Waals surface area contributed by atoms with Gasteiger partial charge in [0.15, 0.2) is 0 Å². The zero-order chi connectivity index (χ0) is 43.3. The van der Waals surface area contributed by atoms with Crippen LogP contribution >= 0.6 is 0 Å². The summed E-state index contributed by atoms with van der Waals surface area (Å²) in [5.41, 5.74) is 5.38. The summed E-state index contributed by atoms with van der Waals surface area (Å²) in [5.74, 6) is 10.5. The van der Waals surface area contributed by atoms with Crippen molar-refractivity contribution in [2.24, 2.45) is 70.0 Å². The number of aromatic hydroxyl groups is 1. The lowest BCUT2D eigenvalue weighted by atomic mass is 9.44. The van der Waals surface area contributed by atoms with Crippen molar-refractivity contribution < 1.29 is 14.9 Å². The summed E-state index contributed by atoms with van der Waals surface area (Å²) in [6, 6.07) is 0. The van der Waals surface area contributed by atoms with E-state index in [1.165, 1.54) is 121 Å². The fourth-order valence-corrected chi connectivity index (χ4v) is 14.5. The summed E-state index contributed by atoms with van der Waals surface area (Å²) in [5, 5.41) is 20.6. The van der Waals surface area contributed by atoms with Gasteiger partial charge in [0.25, 0.3) is 0 Å². The van der Waals surface area contributed by atoms with Crippen LogP contribution in [0.3, 0.4) is 0 Å². The molecule has 0 bridgehead atoms. The van der Waals surface area contributed by atoms with Crippen LogP contribution in [0.4, 0.5) is 0 Å². The lowest BCUT2D eigenvalue weighted by Gasteiger charge is -2.61. The van der Waals surface area contributed by atoms with E-state index >= 15 is 0 Å². The van der Waals surface area contributed by atoms with E-state index in [-0.39, 0.29) is 11.7 Å². The van der Waals surface area contributed by atoms with Gasteiger partial charge in [0, 0.05) is 5.56 Å². The second kappa shape index (κ2) is 21.0. The van der Waals surface area contributed by atoms with Gasteiger partial charge in [-0.2, -0.15) is 0 Å². The Bertz CT molecular complexity index is 1460. The van der Waals surface area contributed by atoms with Gasteiger partial charge in [0.2, 0.25) is 0 Å². The van der Waals surface area contributed by atoms with E-state index in [2.05, 4.69) is 76.2 Å². The van der Waals surface area contributed by atoms with Gasteiger partial charge in [-0.1, -0.05) is 127 Å². The first-order valence-electron chi connectivity index (χ1n) is 26.0. The SMILES string of the molecule is CC(C)CCCC(C)C1CCC2C3CCC4CC(O)CCC4(C)C3CCC12C.Cc1c(C)c2c(c(C)c1O)CC[C@](C)(CCCC(C)CCC[C@@H](C)CCCC(C)C)O2. The first-order valence-corrected chi connectivity index (χ1v) is 26.0. The maximum absolute atomic E-state index is 10.4. The topological polar surface area (TPSA) is 49.7 Å². The minimum absolute atomic E-state index is 0.00830. The normalized spacial score (nSPS) is 34.2. The predicted molar refractivity (Wildman–Crippen MR) is 253 cm³/mol. The van der Waals surface area contributed by atoms with Gasteiger partial charge in [-0.25, -0.2) is 0 Å². The Kier molecular flexibility index (Phi) is 17.3. The number of ether oxygens (including phenoxy) is 1. The molecule has 1 aromatic rings. The zero-order valence-corrected chi connectivity index (χ0v) is 41.4. The van der Waals surface area contributed by atoms with Crippen LogP contribution in [0.2, 0.25) is 0 Å². The van der Waals surface area contributed by atoms with E-state index in [1.807, 2.05) is 13.8 Å². The predicted octanol–water partition coefficient (Wildman–Crippen LogP) is 16.3. The minimum Gasteiger partial charge on any atom is -0.507 e. The number of fused-ring (bicyclic) bond motifs is 6. The van der Waals surface area contributed by atoms with Crippen molar-refractivity contribution in [3.8, 4) is 11.5 Å². The summed E-state index contributed by atoms with van der Waals surface area (Å²) in [7, 11) is 0. The molecule has 59 heavy (non-hydrogen) atoms. The molecule has 4 saturated carbocycles. The molecule has 4 fully saturated rings. The molecule has 0 spiro atoms. The first-order chi connectivity index (χ1) is 27.8. The number of hydrogen-bond donors (Lipinski definition) is 2. The fraction of sp³-hybridized carbons (Fsp3) is 0.893. The van der Waals surface area contributed by atoms with Crippen LogP contribution in [0.15, 0.2) is 0 Å². The lowest BCUT2D eigenvalue weighted by molar-refractivity contribution is -0.129. The zero-order valence-electron chi connectivity index (χ0n) is 41.4. The Balaban J connectivity index is 0.000000225. The highest BCUT2D eigenvalue weighted by atomic mass is 16.5. The molecule has 12 atom stereocenters. The van der Waals surface area contributed by atoms with Crippen LogP contribution in [-0.4, -0.2) is 21.9 Å². The van der Waals surface area contributed by atoms with Crippen molar-refractivity contribution in [3.63, 3.8) is 0 Å². The van der Waals surface area contributed by atoms with Crippen LogP contribution in [0.5, 0.6) is 11.5 Å². The Morgan fingerprint density at radius 2 is 1.19 bits per heavy atom. The Labute approximate surface area is 366 Å². The number of benzene rings is 1. The molecule has 0 aromatic heterocycles. The molecular formula is C56H98O3. The number of rotatable bonds is 17. The highest BCUT2D eigenvalue weighted by molar-refractivity contribution is 5.58. The monoisotopic (exact) mass is 819 g/mol. The maximum Gasteiger partial charge on any atom is 0.127 e. The van der Waals surface area contributed by atoms with Crippen molar-refractivity contribution in [3.05, 3.63) is 22.3 Å². The average Bonchev–Trinajstić information content (AvgIpc) is 3.53. The Morgan fingerprint density at radius 1 is 0.610 bits per heavy atom. The minimum atomic E-state index is -0.0712. The lowest BCUT2D eigenvalue weighted by Crippen LogP contribution is -2.54. The van der Waals surface area contributed by atoms with Gasteiger partial charge in [0.1, 0.15) is 17.1 Å². The second-order valence-corrected chi connectivity index (χ2v) is 24.1. The molecule has 1 aromatic carbocycles. The van der Waals surface area contributed by atoms with Gasteiger partial charge in [-0.3, -0.25) is 0 Å². The number of aliphatic hydroxyl groups excluding tert-OH is 1. The summed E-state index contributed by atoms with van der Waals surface area (Å²) < 4.78 is 6.60.